The van der Waals surface area contributed by atoms with Crippen molar-refractivity contribution >= 4 is 15.9 Å². The number of nitrogens with zero attached hydrogens (tertiary/aromatic N) is 2. The van der Waals surface area contributed by atoms with Crippen LogP contribution >= 0.6 is 15.9 Å². The van der Waals surface area contributed by atoms with Crippen molar-refractivity contribution in [3.05, 3.63) is 52.3 Å². The van der Waals surface area contributed by atoms with Crippen molar-refractivity contribution in [2.75, 3.05) is 13.2 Å². The van der Waals surface area contributed by atoms with Crippen molar-refractivity contribution in [1.82, 2.24) is 9.55 Å². The molecule has 2 heterocycles. The lowest BCUT2D eigenvalue weighted by atomic mass is 9.74. The van der Waals surface area contributed by atoms with Crippen molar-refractivity contribution in [3.8, 4) is 0 Å². The molecule has 3 nitrogen and oxygen atoms in total. The highest BCUT2D eigenvalue weighted by Crippen LogP contribution is 2.45. The van der Waals surface area contributed by atoms with Gasteiger partial charge in [-0.05, 0) is 17.7 Å². The molecule has 1 aliphatic rings. The number of halogens is 3. The quantitative estimate of drug-likeness (QED) is 0.855. The standard InChI is InChI=1S/C14H13BrF2N2O/c1-19-6-11(16)18-13(19)12(17)14(7-20-8-14)9-3-2-4-10(15)5-9/h2-6,12H,7-8H2,1H3. The first-order chi connectivity index (χ1) is 9.53. The van der Waals surface area contributed by atoms with Crippen molar-refractivity contribution in [3.63, 3.8) is 0 Å². The normalized spacial score (nSPS) is 18.6. The monoisotopic (exact) mass is 342 g/mol. The predicted molar refractivity (Wildman–Crippen MR) is 73.7 cm³/mol. The molecule has 106 valence electrons. The van der Waals surface area contributed by atoms with Crippen molar-refractivity contribution in [1.29, 1.82) is 0 Å². The van der Waals surface area contributed by atoms with Gasteiger partial charge in [0.15, 0.2) is 6.17 Å². The van der Waals surface area contributed by atoms with Crippen molar-refractivity contribution < 1.29 is 13.5 Å². The second-order valence-electron chi connectivity index (χ2n) is 5.05. The van der Waals surface area contributed by atoms with Gasteiger partial charge in [-0.25, -0.2) is 9.37 Å². The number of aromatic nitrogens is 2. The largest absolute Gasteiger partial charge is 0.379 e. The van der Waals surface area contributed by atoms with E-state index < -0.39 is 17.5 Å². The second-order valence-corrected chi connectivity index (χ2v) is 5.97. The number of alkyl halides is 1. The summed E-state index contributed by atoms with van der Waals surface area (Å²) in [5.41, 5.74) is 0.0315. The molecule has 2 aromatic rings. The van der Waals surface area contributed by atoms with Crippen LogP contribution in [0.3, 0.4) is 0 Å². The van der Waals surface area contributed by atoms with Gasteiger partial charge in [0.05, 0.1) is 24.8 Å². The Bertz CT molecular complexity index is 640. The topological polar surface area (TPSA) is 27.1 Å². The zero-order chi connectivity index (χ0) is 14.3. The molecule has 1 aromatic carbocycles. The number of imidazole rings is 1. The maximum atomic E-state index is 15.0. The van der Waals surface area contributed by atoms with Crippen molar-refractivity contribution in [2.45, 2.75) is 11.6 Å². The summed E-state index contributed by atoms with van der Waals surface area (Å²) in [6, 6.07) is 7.46. The highest BCUT2D eigenvalue weighted by Gasteiger charge is 2.50. The summed E-state index contributed by atoms with van der Waals surface area (Å²) in [5, 5.41) is 0. The van der Waals surface area contributed by atoms with Gasteiger partial charge in [-0.1, -0.05) is 28.1 Å². The molecule has 0 spiro atoms. The first kappa shape index (κ1) is 13.7. The average molecular weight is 343 g/mol. The molecule has 0 radical (unpaired) electrons. The van der Waals surface area contributed by atoms with Crippen LogP contribution in [0.15, 0.2) is 34.9 Å². The predicted octanol–water partition coefficient (Wildman–Crippen LogP) is 3.30. The first-order valence-corrected chi connectivity index (χ1v) is 6.99. The van der Waals surface area contributed by atoms with E-state index in [-0.39, 0.29) is 19.0 Å². The Morgan fingerprint density at radius 3 is 2.70 bits per heavy atom. The van der Waals surface area contributed by atoms with Gasteiger partial charge < -0.3 is 9.30 Å². The number of rotatable bonds is 3. The minimum Gasteiger partial charge on any atom is -0.379 e. The fourth-order valence-electron chi connectivity index (χ4n) is 2.51. The molecule has 1 aliphatic heterocycles. The van der Waals surface area contributed by atoms with E-state index in [4.69, 9.17) is 4.74 Å². The minimum absolute atomic E-state index is 0.0887. The van der Waals surface area contributed by atoms with Crippen LogP contribution in [0.4, 0.5) is 8.78 Å². The van der Waals surface area contributed by atoms with E-state index in [9.17, 15) is 8.78 Å². The van der Waals surface area contributed by atoms with E-state index in [1.165, 1.54) is 10.8 Å². The third-order valence-corrected chi connectivity index (χ3v) is 4.21. The lowest BCUT2D eigenvalue weighted by Gasteiger charge is -2.43. The number of aryl methyl sites for hydroxylation is 1. The van der Waals surface area contributed by atoms with E-state index >= 15 is 0 Å². The Balaban J connectivity index is 2.03. The summed E-state index contributed by atoms with van der Waals surface area (Å²) in [7, 11) is 1.59. The van der Waals surface area contributed by atoms with E-state index in [1.807, 2.05) is 24.3 Å². The van der Waals surface area contributed by atoms with Crippen LogP contribution in [0.25, 0.3) is 0 Å². The molecular weight excluding hydrogens is 330 g/mol. The van der Waals surface area contributed by atoms with Gasteiger partial charge in [0.2, 0.25) is 5.95 Å². The van der Waals surface area contributed by atoms with E-state index in [0.717, 1.165) is 10.0 Å². The van der Waals surface area contributed by atoms with Crippen LogP contribution in [0, 0.1) is 5.95 Å². The fraction of sp³-hybridized carbons (Fsp3) is 0.357. The molecule has 0 bridgehead atoms. The van der Waals surface area contributed by atoms with Gasteiger partial charge in [-0.3, -0.25) is 0 Å². The Morgan fingerprint density at radius 2 is 2.20 bits per heavy atom. The number of ether oxygens (including phenoxy) is 1. The minimum atomic E-state index is -1.42. The summed E-state index contributed by atoms with van der Waals surface area (Å²) in [6.07, 6.45) is -0.240. The number of hydrogen-bond acceptors (Lipinski definition) is 2. The zero-order valence-electron chi connectivity index (χ0n) is 10.8. The lowest BCUT2D eigenvalue weighted by Crippen LogP contribution is -2.50. The van der Waals surface area contributed by atoms with E-state index in [1.54, 1.807) is 7.05 Å². The molecule has 1 atom stereocenters. The summed E-state index contributed by atoms with van der Waals surface area (Å²) in [5.74, 6) is -0.583. The maximum Gasteiger partial charge on any atom is 0.231 e. The van der Waals surface area contributed by atoms with Crippen LogP contribution in [0.1, 0.15) is 17.6 Å². The Morgan fingerprint density at radius 1 is 1.45 bits per heavy atom. The van der Waals surface area contributed by atoms with Crippen LogP contribution in [-0.4, -0.2) is 22.8 Å². The van der Waals surface area contributed by atoms with Gasteiger partial charge in [0.1, 0.15) is 5.82 Å². The van der Waals surface area contributed by atoms with Crippen LogP contribution in [-0.2, 0) is 17.2 Å². The molecule has 1 unspecified atom stereocenters. The number of hydrogen-bond donors (Lipinski definition) is 0. The van der Waals surface area contributed by atoms with Gasteiger partial charge >= 0.3 is 0 Å². The highest BCUT2D eigenvalue weighted by atomic mass is 79.9. The molecule has 1 saturated heterocycles. The fourth-order valence-corrected chi connectivity index (χ4v) is 2.90. The summed E-state index contributed by atoms with van der Waals surface area (Å²) in [4.78, 5) is 3.66. The molecule has 3 rings (SSSR count). The Hall–Kier alpha value is -1.27. The smallest absolute Gasteiger partial charge is 0.231 e. The second kappa shape index (κ2) is 4.93. The Kier molecular flexibility index (Phi) is 3.38. The third kappa shape index (κ3) is 2.07. The SMILES string of the molecule is Cn1cc(F)nc1C(F)C1(c2cccc(Br)c2)COC1. The molecule has 0 amide bonds. The van der Waals surface area contributed by atoms with Gasteiger partial charge in [0.25, 0.3) is 0 Å². The molecule has 1 aromatic heterocycles. The molecule has 0 aliphatic carbocycles. The third-order valence-electron chi connectivity index (χ3n) is 3.71. The molecular formula is C14H13BrF2N2O. The lowest BCUT2D eigenvalue weighted by molar-refractivity contribution is -0.102. The van der Waals surface area contributed by atoms with Gasteiger partial charge in [0, 0.05) is 11.5 Å². The van der Waals surface area contributed by atoms with E-state index in [0.29, 0.717) is 0 Å². The summed E-state index contributed by atoms with van der Waals surface area (Å²) >= 11 is 3.39. The first-order valence-electron chi connectivity index (χ1n) is 6.19. The van der Waals surface area contributed by atoms with Gasteiger partial charge in [-0.2, -0.15) is 4.39 Å². The molecule has 1 fully saturated rings. The number of benzene rings is 1. The molecule has 6 heteroatoms. The van der Waals surface area contributed by atoms with E-state index in [2.05, 4.69) is 20.9 Å². The molecule has 0 saturated carbocycles. The zero-order valence-corrected chi connectivity index (χ0v) is 12.4. The van der Waals surface area contributed by atoms with Gasteiger partial charge in [-0.15, -0.1) is 0 Å². The summed E-state index contributed by atoms with van der Waals surface area (Å²) < 4.78 is 35.7. The van der Waals surface area contributed by atoms with Crippen LogP contribution < -0.4 is 0 Å². The average Bonchev–Trinajstić information content (AvgIpc) is 2.67. The molecule has 20 heavy (non-hydrogen) atoms. The Labute approximate surface area is 123 Å². The maximum absolute atomic E-state index is 15.0. The van der Waals surface area contributed by atoms with Crippen molar-refractivity contribution in [2.24, 2.45) is 7.05 Å². The molecule has 0 N–H and O–H groups in total. The highest BCUT2D eigenvalue weighted by molar-refractivity contribution is 9.10. The van der Waals surface area contributed by atoms with Crippen LogP contribution in [0.5, 0.6) is 0 Å². The summed E-state index contributed by atoms with van der Waals surface area (Å²) in [6.45, 7) is 0.526. The van der Waals surface area contributed by atoms with Crippen LogP contribution in [0.2, 0.25) is 0 Å².